The fourth-order valence-corrected chi connectivity index (χ4v) is 2.87. The van der Waals surface area contributed by atoms with Gasteiger partial charge < -0.3 is 16.0 Å². The first-order valence-corrected chi connectivity index (χ1v) is 8.95. The van der Waals surface area contributed by atoms with E-state index in [4.69, 9.17) is 0 Å². The van der Waals surface area contributed by atoms with Gasteiger partial charge in [0.1, 0.15) is 0 Å². The van der Waals surface area contributed by atoms with Crippen LogP contribution in [0.4, 0.5) is 17.1 Å². The number of carbonyl (C=O) groups excluding carboxylic acids is 2. The Bertz CT molecular complexity index is 841. The molecule has 136 valence electrons. The van der Waals surface area contributed by atoms with Gasteiger partial charge in [-0.15, -0.1) is 0 Å². The molecule has 0 radical (unpaired) electrons. The van der Waals surface area contributed by atoms with Crippen molar-refractivity contribution < 1.29 is 9.59 Å². The minimum absolute atomic E-state index is 0.0813. The summed E-state index contributed by atoms with van der Waals surface area (Å²) in [6.07, 6.45) is 1.95. The Labute approximate surface area is 154 Å². The van der Waals surface area contributed by atoms with Gasteiger partial charge >= 0.3 is 0 Å². The van der Waals surface area contributed by atoms with E-state index in [1.54, 1.807) is 0 Å². The maximum absolute atomic E-state index is 12.3. The van der Waals surface area contributed by atoms with E-state index in [0.717, 1.165) is 41.0 Å². The van der Waals surface area contributed by atoms with Gasteiger partial charge in [-0.1, -0.05) is 23.8 Å². The molecule has 0 heterocycles. The summed E-state index contributed by atoms with van der Waals surface area (Å²) in [4.78, 5) is 24.2. The van der Waals surface area contributed by atoms with E-state index in [0.29, 0.717) is 0 Å². The van der Waals surface area contributed by atoms with Crippen LogP contribution in [0, 0.1) is 26.7 Å². The summed E-state index contributed by atoms with van der Waals surface area (Å²) in [5.41, 5.74) is 5.60. The van der Waals surface area contributed by atoms with Gasteiger partial charge in [-0.25, -0.2) is 0 Å². The standard InChI is InChI=1S/C21H25N3O2/c1-13-7-10-17(14(2)11-13)23-20(25)12-22-18-5-4-6-19(15(18)3)24-21(26)16-8-9-16/h4-7,10-11,16,22H,8-9,12H2,1-3H3,(H,23,25)(H,24,26). The Morgan fingerprint density at radius 1 is 0.962 bits per heavy atom. The summed E-state index contributed by atoms with van der Waals surface area (Å²) in [6.45, 7) is 6.10. The summed E-state index contributed by atoms with van der Waals surface area (Å²) in [7, 11) is 0. The highest BCUT2D eigenvalue weighted by Crippen LogP contribution is 2.31. The number of amides is 2. The lowest BCUT2D eigenvalue weighted by molar-refractivity contribution is -0.117. The van der Waals surface area contributed by atoms with E-state index >= 15 is 0 Å². The molecule has 26 heavy (non-hydrogen) atoms. The van der Waals surface area contributed by atoms with E-state index < -0.39 is 0 Å². The lowest BCUT2D eigenvalue weighted by Crippen LogP contribution is -2.22. The molecule has 0 bridgehead atoms. The predicted octanol–water partition coefficient (Wildman–Crippen LogP) is 4.01. The Morgan fingerprint density at radius 2 is 1.69 bits per heavy atom. The zero-order valence-corrected chi connectivity index (χ0v) is 15.5. The third kappa shape index (κ3) is 4.42. The quantitative estimate of drug-likeness (QED) is 0.736. The molecule has 3 rings (SSSR count). The van der Waals surface area contributed by atoms with Crippen LogP contribution in [-0.2, 0) is 9.59 Å². The SMILES string of the molecule is Cc1ccc(NC(=O)CNc2cccc(NC(=O)C3CC3)c2C)c(C)c1. The van der Waals surface area contributed by atoms with Crippen LogP contribution in [0.5, 0.6) is 0 Å². The van der Waals surface area contributed by atoms with E-state index in [-0.39, 0.29) is 24.3 Å². The number of hydrogen-bond acceptors (Lipinski definition) is 3. The molecule has 3 N–H and O–H groups in total. The van der Waals surface area contributed by atoms with Crippen LogP contribution in [0.1, 0.15) is 29.5 Å². The summed E-state index contributed by atoms with van der Waals surface area (Å²) >= 11 is 0. The van der Waals surface area contributed by atoms with Crippen molar-refractivity contribution in [1.29, 1.82) is 0 Å². The fraction of sp³-hybridized carbons (Fsp3) is 0.333. The number of benzene rings is 2. The Kier molecular flexibility index (Phi) is 5.26. The molecule has 5 nitrogen and oxygen atoms in total. The molecular weight excluding hydrogens is 326 g/mol. The van der Waals surface area contributed by atoms with Crippen LogP contribution < -0.4 is 16.0 Å². The smallest absolute Gasteiger partial charge is 0.243 e. The molecular formula is C21H25N3O2. The minimum Gasteiger partial charge on any atom is -0.376 e. The first-order valence-electron chi connectivity index (χ1n) is 8.95. The van der Waals surface area contributed by atoms with Gasteiger partial charge in [-0.2, -0.15) is 0 Å². The molecule has 5 heteroatoms. The maximum Gasteiger partial charge on any atom is 0.243 e. The molecule has 2 aromatic carbocycles. The van der Waals surface area contributed by atoms with Crippen molar-refractivity contribution >= 4 is 28.9 Å². The van der Waals surface area contributed by atoms with Crippen LogP contribution in [-0.4, -0.2) is 18.4 Å². The average Bonchev–Trinajstić information content (AvgIpc) is 3.43. The molecule has 0 saturated heterocycles. The number of hydrogen-bond donors (Lipinski definition) is 3. The highest BCUT2D eigenvalue weighted by molar-refractivity contribution is 5.96. The second-order valence-corrected chi connectivity index (χ2v) is 6.96. The minimum atomic E-state index is -0.108. The summed E-state index contributed by atoms with van der Waals surface area (Å²) in [5, 5.41) is 9.06. The largest absolute Gasteiger partial charge is 0.376 e. The van der Waals surface area contributed by atoms with Crippen LogP contribution in [0.15, 0.2) is 36.4 Å². The van der Waals surface area contributed by atoms with Gasteiger partial charge in [0.05, 0.1) is 6.54 Å². The number of carbonyl (C=O) groups is 2. The topological polar surface area (TPSA) is 70.2 Å². The molecule has 0 aliphatic heterocycles. The van der Waals surface area contributed by atoms with Gasteiger partial charge in [0, 0.05) is 23.0 Å². The maximum atomic E-state index is 12.3. The van der Waals surface area contributed by atoms with Crippen molar-refractivity contribution in [3.8, 4) is 0 Å². The van der Waals surface area contributed by atoms with Gasteiger partial charge in [0.25, 0.3) is 0 Å². The highest BCUT2D eigenvalue weighted by atomic mass is 16.2. The zero-order valence-electron chi connectivity index (χ0n) is 15.5. The number of rotatable bonds is 6. The molecule has 2 amide bonds. The molecule has 1 aliphatic carbocycles. The van der Waals surface area contributed by atoms with Crippen LogP contribution in [0.25, 0.3) is 0 Å². The summed E-state index contributed by atoms with van der Waals surface area (Å²) < 4.78 is 0. The van der Waals surface area contributed by atoms with E-state index in [1.165, 1.54) is 5.56 Å². The van der Waals surface area contributed by atoms with Crippen LogP contribution in [0.3, 0.4) is 0 Å². The predicted molar refractivity (Wildman–Crippen MR) is 106 cm³/mol. The van der Waals surface area contributed by atoms with Crippen molar-refractivity contribution in [2.24, 2.45) is 5.92 Å². The summed E-state index contributed by atoms with van der Waals surface area (Å²) in [6, 6.07) is 11.6. The first kappa shape index (κ1) is 18.0. The lowest BCUT2D eigenvalue weighted by atomic mass is 10.1. The average molecular weight is 351 g/mol. The van der Waals surface area contributed by atoms with E-state index in [2.05, 4.69) is 16.0 Å². The first-order chi connectivity index (χ1) is 12.4. The van der Waals surface area contributed by atoms with Crippen molar-refractivity contribution in [3.63, 3.8) is 0 Å². The lowest BCUT2D eigenvalue weighted by Gasteiger charge is -2.14. The number of nitrogens with one attached hydrogen (secondary N) is 3. The number of anilines is 3. The normalized spacial score (nSPS) is 13.2. The monoisotopic (exact) mass is 351 g/mol. The van der Waals surface area contributed by atoms with Crippen LogP contribution >= 0.6 is 0 Å². The van der Waals surface area contributed by atoms with Gasteiger partial charge in [0.2, 0.25) is 11.8 Å². The van der Waals surface area contributed by atoms with Gasteiger partial charge in [-0.05, 0) is 62.9 Å². The molecule has 1 saturated carbocycles. The second-order valence-electron chi connectivity index (χ2n) is 6.96. The van der Waals surface area contributed by atoms with E-state index in [9.17, 15) is 9.59 Å². The Morgan fingerprint density at radius 3 is 2.38 bits per heavy atom. The second kappa shape index (κ2) is 7.60. The molecule has 1 aliphatic rings. The number of aryl methyl sites for hydroxylation is 2. The molecule has 0 unspecified atom stereocenters. The molecule has 0 spiro atoms. The third-order valence-corrected chi connectivity index (χ3v) is 4.64. The summed E-state index contributed by atoms with van der Waals surface area (Å²) in [5.74, 6) is 0.135. The van der Waals surface area contributed by atoms with Crippen molar-refractivity contribution in [3.05, 3.63) is 53.1 Å². The van der Waals surface area contributed by atoms with E-state index in [1.807, 2.05) is 57.2 Å². The highest BCUT2D eigenvalue weighted by Gasteiger charge is 2.29. The molecule has 2 aromatic rings. The van der Waals surface area contributed by atoms with Crippen molar-refractivity contribution in [2.45, 2.75) is 33.6 Å². The van der Waals surface area contributed by atoms with Crippen LogP contribution in [0.2, 0.25) is 0 Å². The Hall–Kier alpha value is -2.82. The molecule has 0 atom stereocenters. The third-order valence-electron chi connectivity index (χ3n) is 4.64. The Balaban J connectivity index is 1.60. The molecule has 0 aromatic heterocycles. The molecule has 1 fully saturated rings. The zero-order chi connectivity index (χ0) is 18.7. The van der Waals surface area contributed by atoms with Crippen molar-refractivity contribution in [2.75, 3.05) is 22.5 Å². The van der Waals surface area contributed by atoms with Gasteiger partial charge in [-0.3, -0.25) is 9.59 Å². The fourth-order valence-electron chi connectivity index (χ4n) is 2.87. The van der Waals surface area contributed by atoms with Gasteiger partial charge in [0.15, 0.2) is 0 Å². The van der Waals surface area contributed by atoms with Crippen molar-refractivity contribution in [1.82, 2.24) is 0 Å².